The third kappa shape index (κ3) is 3.82. The summed E-state index contributed by atoms with van der Waals surface area (Å²) in [6, 6.07) is 1.96. The van der Waals surface area contributed by atoms with E-state index in [9.17, 15) is 4.79 Å². The summed E-state index contributed by atoms with van der Waals surface area (Å²) < 4.78 is 0. The van der Waals surface area contributed by atoms with Crippen LogP contribution in [0.15, 0.2) is 6.07 Å². The number of aliphatic hydroxyl groups is 1. The van der Waals surface area contributed by atoms with E-state index in [0.717, 1.165) is 11.3 Å². The second-order valence-electron chi connectivity index (χ2n) is 5.05. The Morgan fingerprint density at radius 2 is 2.18 bits per heavy atom. The van der Waals surface area contributed by atoms with Crippen LogP contribution in [0.4, 0.5) is 0 Å². The van der Waals surface area contributed by atoms with Gasteiger partial charge in [0.25, 0.3) is 5.91 Å². The quantitative estimate of drug-likeness (QED) is 0.848. The molecule has 3 nitrogen and oxygen atoms in total. The summed E-state index contributed by atoms with van der Waals surface area (Å²) in [4.78, 5) is 13.9. The predicted molar refractivity (Wildman–Crippen MR) is 71.6 cm³/mol. The van der Waals surface area contributed by atoms with Gasteiger partial charge in [-0.1, -0.05) is 20.8 Å². The molecule has 0 aromatic carbocycles. The van der Waals surface area contributed by atoms with Crippen molar-refractivity contribution in [3.8, 4) is 0 Å². The van der Waals surface area contributed by atoms with Crippen LogP contribution in [0.1, 0.15) is 40.9 Å². The van der Waals surface area contributed by atoms with Crippen LogP contribution in [-0.2, 0) is 6.42 Å². The summed E-state index contributed by atoms with van der Waals surface area (Å²) in [5, 5.41) is 12.0. The first-order valence-corrected chi connectivity index (χ1v) is 6.69. The van der Waals surface area contributed by atoms with Crippen molar-refractivity contribution in [2.24, 2.45) is 5.41 Å². The zero-order chi connectivity index (χ0) is 13.1. The van der Waals surface area contributed by atoms with Crippen molar-refractivity contribution in [1.82, 2.24) is 5.32 Å². The summed E-state index contributed by atoms with van der Waals surface area (Å²) in [7, 11) is 0. The molecule has 1 rings (SSSR count). The summed E-state index contributed by atoms with van der Waals surface area (Å²) in [5.74, 6) is -0.0423. The standard InChI is InChI=1S/C13H21NO2S/c1-5-10-6-11(17-9(10)2)12(16)14-7-13(3,4)8-15/h6,15H,5,7-8H2,1-4H3,(H,14,16). The van der Waals surface area contributed by atoms with E-state index in [4.69, 9.17) is 5.11 Å². The van der Waals surface area contributed by atoms with E-state index in [2.05, 4.69) is 12.2 Å². The molecule has 0 fully saturated rings. The number of aliphatic hydroxyl groups excluding tert-OH is 1. The molecule has 0 saturated heterocycles. The Morgan fingerprint density at radius 1 is 1.53 bits per heavy atom. The van der Waals surface area contributed by atoms with Gasteiger partial charge in [-0.05, 0) is 25.0 Å². The first-order valence-electron chi connectivity index (χ1n) is 5.88. The number of carbonyl (C=O) groups is 1. The van der Waals surface area contributed by atoms with E-state index in [1.54, 1.807) is 0 Å². The highest BCUT2D eigenvalue weighted by atomic mass is 32.1. The molecule has 0 aliphatic carbocycles. The second kappa shape index (κ2) is 5.65. The molecule has 0 aliphatic rings. The molecule has 0 bridgehead atoms. The van der Waals surface area contributed by atoms with Crippen molar-refractivity contribution in [3.63, 3.8) is 0 Å². The van der Waals surface area contributed by atoms with Gasteiger partial charge in [0.1, 0.15) is 0 Å². The normalized spacial score (nSPS) is 11.6. The van der Waals surface area contributed by atoms with Gasteiger partial charge in [0.05, 0.1) is 4.88 Å². The third-order valence-electron chi connectivity index (χ3n) is 2.78. The van der Waals surface area contributed by atoms with Crippen LogP contribution in [0.3, 0.4) is 0 Å². The molecule has 1 aromatic heterocycles. The van der Waals surface area contributed by atoms with E-state index >= 15 is 0 Å². The Kier molecular flexibility index (Phi) is 4.71. The van der Waals surface area contributed by atoms with Gasteiger partial charge < -0.3 is 10.4 Å². The van der Waals surface area contributed by atoms with E-state index in [1.165, 1.54) is 21.8 Å². The summed E-state index contributed by atoms with van der Waals surface area (Å²) in [5.41, 5.74) is 0.969. The van der Waals surface area contributed by atoms with Gasteiger partial charge in [0, 0.05) is 23.4 Å². The fourth-order valence-electron chi connectivity index (χ4n) is 1.45. The van der Waals surface area contributed by atoms with Crippen molar-refractivity contribution in [3.05, 3.63) is 21.4 Å². The fourth-order valence-corrected chi connectivity index (χ4v) is 2.48. The lowest BCUT2D eigenvalue weighted by molar-refractivity contribution is 0.0915. The van der Waals surface area contributed by atoms with Gasteiger partial charge in [0.2, 0.25) is 0 Å². The van der Waals surface area contributed by atoms with Gasteiger partial charge in [-0.15, -0.1) is 11.3 Å². The highest BCUT2D eigenvalue weighted by molar-refractivity contribution is 7.14. The largest absolute Gasteiger partial charge is 0.396 e. The summed E-state index contributed by atoms with van der Waals surface area (Å²) >= 11 is 1.53. The van der Waals surface area contributed by atoms with Crippen LogP contribution < -0.4 is 5.32 Å². The van der Waals surface area contributed by atoms with Gasteiger partial charge >= 0.3 is 0 Å². The topological polar surface area (TPSA) is 49.3 Å². The molecule has 1 aromatic rings. The van der Waals surface area contributed by atoms with Gasteiger partial charge in [-0.3, -0.25) is 4.79 Å². The molecule has 0 unspecified atom stereocenters. The number of amides is 1. The molecule has 96 valence electrons. The first kappa shape index (κ1) is 14.2. The molecule has 1 amide bonds. The fraction of sp³-hybridized carbons (Fsp3) is 0.615. The number of thiophene rings is 1. The summed E-state index contributed by atoms with van der Waals surface area (Å²) in [6.07, 6.45) is 0.956. The molecule has 0 aliphatic heterocycles. The van der Waals surface area contributed by atoms with E-state index in [-0.39, 0.29) is 17.9 Å². The number of nitrogens with one attached hydrogen (secondary N) is 1. The third-order valence-corrected chi connectivity index (χ3v) is 3.87. The Balaban J connectivity index is 2.64. The van der Waals surface area contributed by atoms with Crippen molar-refractivity contribution in [2.45, 2.75) is 34.1 Å². The maximum Gasteiger partial charge on any atom is 0.261 e. The van der Waals surface area contributed by atoms with Crippen LogP contribution in [0, 0.1) is 12.3 Å². The molecule has 0 atom stereocenters. The van der Waals surface area contributed by atoms with Crippen LogP contribution in [0.25, 0.3) is 0 Å². The maximum absolute atomic E-state index is 11.9. The minimum atomic E-state index is -0.268. The Morgan fingerprint density at radius 3 is 2.65 bits per heavy atom. The number of hydrogen-bond donors (Lipinski definition) is 2. The average Bonchev–Trinajstić information content (AvgIpc) is 2.67. The summed E-state index contributed by atoms with van der Waals surface area (Å²) in [6.45, 7) is 8.52. The van der Waals surface area contributed by atoms with Crippen molar-refractivity contribution in [2.75, 3.05) is 13.2 Å². The lowest BCUT2D eigenvalue weighted by Crippen LogP contribution is -2.35. The molecule has 1 heterocycles. The number of hydrogen-bond acceptors (Lipinski definition) is 3. The van der Waals surface area contributed by atoms with Gasteiger partial charge in [-0.2, -0.15) is 0 Å². The Bertz CT molecular complexity index is 396. The molecular formula is C13H21NO2S. The lowest BCUT2D eigenvalue weighted by Gasteiger charge is -2.21. The van der Waals surface area contributed by atoms with Crippen molar-refractivity contribution >= 4 is 17.2 Å². The molecule has 0 saturated carbocycles. The second-order valence-corrected chi connectivity index (χ2v) is 6.31. The SMILES string of the molecule is CCc1cc(C(=O)NCC(C)(C)CO)sc1C. The minimum absolute atomic E-state index is 0.0423. The van der Waals surface area contributed by atoms with E-state index in [1.807, 2.05) is 26.8 Å². The van der Waals surface area contributed by atoms with Crippen LogP contribution in [0.2, 0.25) is 0 Å². The Hall–Kier alpha value is -0.870. The molecule has 2 N–H and O–H groups in total. The van der Waals surface area contributed by atoms with Gasteiger partial charge in [-0.25, -0.2) is 0 Å². The minimum Gasteiger partial charge on any atom is -0.396 e. The molecule has 0 spiro atoms. The maximum atomic E-state index is 11.9. The van der Waals surface area contributed by atoms with E-state index in [0.29, 0.717) is 6.54 Å². The number of rotatable bonds is 5. The predicted octanol–water partition coefficient (Wildman–Crippen LogP) is 2.37. The zero-order valence-electron chi connectivity index (χ0n) is 11.0. The van der Waals surface area contributed by atoms with Crippen molar-refractivity contribution < 1.29 is 9.90 Å². The highest BCUT2D eigenvalue weighted by Crippen LogP contribution is 2.22. The van der Waals surface area contributed by atoms with E-state index < -0.39 is 0 Å². The van der Waals surface area contributed by atoms with Crippen LogP contribution in [0.5, 0.6) is 0 Å². The molecular weight excluding hydrogens is 234 g/mol. The Labute approximate surface area is 107 Å². The van der Waals surface area contributed by atoms with Gasteiger partial charge in [0.15, 0.2) is 0 Å². The molecule has 0 radical (unpaired) electrons. The highest BCUT2D eigenvalue weighted by Gasteiger charge is 2.19. The van der Waals surface area contributed by atoms with Crippen LogP contribution >= 0.6 is 11.3 Å². The number of carbonyl (C=O) groups excluding carboxylic acids is 1. The lowest BCUT2D eigenvalue weighted by atomic mass is 9.95. The first-order chi connectivity index (χ1) is 7.89. The monoisotopic (exact) mass is 255 g/mol. The zero-order valence-corrected chi connectivity index (χ0v) is 11.8. The van der Waals surface area contributed by atoms with Crippen LogP contribution in [-0.4, -0.2) is 24.2 Å². The number of aryl methyl sites for hydroxylation is 2. The average molecular weight is 255 g/mol. The molecule has 17 heavy (non-hydrogen) atoms. The van der Waals surface area contributed by atoms with Crippen molar-refractivity contribution in [1.29, 1.82) is 0 Å². The molecule has 4 heteroatoms. The smallest absolute Gasteiger partial charge is 0.261 e.